The first-order valence-electron chi connectivity index (χ1n) is 6.56. The Kier molecular flexibility index (Phi) is 4.19. The van der Waals surface area contributed by atoms with Crippen LogP contribution in [0.15, 0.2) is 18.2 Å². The van der Waals surface area contributed by atoms with Crippen LogP contribution in [0.2, 0.25) is 0 Å². The maximum absolute atomic E-state index is 6.32. The Morgan fingerprint density at radius 1 is 1.18 bits per heavy atom. The van der Waals surface area contributed by atoms with Crippen LogP contribution in [0.1, 0.15) is 42.0 Å². The molecule has 0 radical (unpaired) electrons. The third kappa shape index (κ3) is 3.55. The molecule has 0 aliphatic carbocycles. The van der Waals surface area contributed by atoms with Crippen molar-refractivity contribution >= 4 is 0 Å². The Balaban J connectivity index is 2.00. The van der Waals surface area contributed by atoms with E-state index in [1.165, 1.54) is 29.5 Å². The molecule has 94 valence electrons. The molecule has 0 spiro atoms. The van der Waals surface area contributed by atoms with E-state index < -0.39 is 0 Å². The summed E-state index contributed by atoms with van der Waals surface area (Å²) < 4.78 is 5.38. The molecule has 2 rings (SSSR count). The Morgan fingerprint density at radius 3 is 2.35 bits per heavy atom. The first kappa shape index (κ1) is 12.6. The Bertz CT molecular complexity index is 349. The summed E-state index contributed by atoms with van der Waals surface area (Å²) in [6, 6.07) is 6.82. The molecular formula is C15H23NO. The summed E-state index contributed by atoms with van der Waals surface area (Å²) >= 11 is 0. The molecular weight excluding hydrogens is 210 g/mol. The lowest BCUT2D eigenvalue weighted by molar-refractivity contribution is 0.0618. The number of hydrogen-bond donors (Lipinski definition) is 1. The highest BCUT2D eigenvalue weighted by Gasteiger charge is 2.18. The van der Waals surface area contributed by atoms with E-state index in [2.05, 4.69) is 32.0 Å². The second-order valence-corrected chi connectivity index (χ2v) is 5.32. The van der Waals surface area contributed by atoms with Gasteiger partial charge in [0.15, 0.2) is 0 Å². The fraction of sp³-hybridized carbons (Fsp3) is 0.600. The molecule has 1 aliphatic heterocycles. The van der Waals surface area contributed by atoms with Gasteiger partial charge in [0.2, 0.25) is 0 Å². The van der Waals surface area contributed by atoms with Crippen LogP contribution >= 0.6 is 0 Å². The summed E-state index contributed by atoms with van der Waals surface area (Å²) in [6.45, 7) is 6.09. The fourth-order valence-corrected chi connectivity index (χ4v) is 2.70. The lowest BCUT2D eigenvalue weighted by Gasteiger charge is -2.25. The van der Waals surface area contributed by atoms with E-state index in [1.54, 1.807) is 0 Å². The highest BCUT2D eigenvalue weighted by molar-refractivity contribution is 5.30. The zero-order valence-corrected chi connectivity index (χ0v) is 10.9. The van der Waals surface area contributed by atoms with Crippen LogP contribution in [-0.4, -0.2) is 13.2 Å². The van der Waals surface area contributed by atoms with Crippen molar-refractivity contribution < 1.29 is 4.74 Å². The quantitative estimate of drug-likeness (QED) is 0.870. The summed E-state index contributed by atoms with van der Waals surface area (Å²) in [4.78, 5) is 0. The molecule has 0 saturated carbocycles. The van der Waals surface area contributed by atoms with Crippen molar-refractivity contribution in [1.29, 1.82) is 0 Å². The monoisotopic (exact) mass is 233 g/mol. The fourth-order valence-electron chi connectivity index (χ4n) is 2.70. The second kappa shape index (κ2) is 5.65. The van der Waals surface area contributed by atoms with Crippen molar-refractivity contribution in [1.82, 2.24) is 0 Å². The molecule has 0 amide bonds. The lowest BCUT2D eigenvalue weighted by Crippen LogP contribution is -2.21. The van der Waals surface area contributed by atoms with Gasteiger partial charge < -0.3 is 10.5 Å². The smallest absolute Gasteiger partial charge is 0.0468 e. The van der Waals surface area contributed by atoms with E-state index in [0.717, 1.165) is 25.6 Å². The van der Waals surface area contributed by atoms with Crippen LogP contribution < -0.4 is 5.73 Å². The molecule has 1 aromatic rings. The van der Waals surface area contributed by atoms with E-state index in [0.29, 0.717) is 0 Å². The van der Waals surface area contributed by atoms with E-state index in [-0.39, 0.29) is 6.04 Å². The Hall–Kier alpha value is -0.860. The van der Waals surface area contributed by atoms with E-state index in [9.17, 15) is 0 Å². The van der Waals surface area contributed by atoms with Crippen molar-refractivity contribution in [3.63, 3.8) is 0 Å². The van der Waals surface area contributed by atoms with Crippen molar-refractivity contribution in [3.05, 3.63) is 34.9 Å². The normalized spacial score (nSPS) is 19.2. The highest BCUT2D eigenvalue weighted by Crippen LogP contribution is 2.26. The average Bonchev–Trinajstić information content (AvgIpc) is 2.29. The number of ether oxygens (including phenoxy) is 1. The van der Waals surface area contributed by atoms with Crippen molar-refractivity contribution in [2.75, 3.05) is 13.2 Å². The number of hydrogen-bond acceptors (Lipinski definition) is 2. The van der Waals surface area contributed by atoms with Crippen LogP contribution in [0.4, 0.5) is 0 Å². The predicted octanol–water partition coefficient (Wildman–Crippen LogP) is 3.12. The Labute approximate surface area is 104 Å². The van der Waals surface area contributed by atoms with Gasteiger partial charge in [-0.2, -0.15) is 0 Å². The third-order valence-electron chi connectivity index (χ3n) is 3.60. The van der Waals surface area contributed by atoms with Crippen LogP contribution in [0.3, 0.4) is 0 Å². The topological polar surface area (TPSA) is 35.2 Å². The van der Waals surface area contributed by atoms with Crippen LogP contribution in [0.25, 0.3) is 0 Å². The zero-order chi connectivity index (χ0) is 12.3. The van der Waals surface area contributed by atoms with Gasteiger partial charge >= 0.3 is 0 Å². The molecule has 1 unspecified atom stereocenters. The van der Waals surface area contributed by atoms with Gasteiger partial charge in [-0.3, -0.25) is 0 Å². The average molecular weight is 233 g/mol. The molecule has 1 atom stereocenters. The standard InChI is InChI=1S/C15H23NO/c1-11-7-12(2)9-14(8-11)15(16)10-13-3-5-17-6-4-13/h7-9,13,15H,3-6,10,16H2,1-2H3. The van der Waals surface area contributed by atoms with Gasteiger partial charge in [-0.25, -0.2) is 0 Å². The molecule has 2 N–H and O–H groups in total. The summed E-state index contributed by atoms with van der Waals surface area (Å²) in [5.41, 5.74) is 10.2. The summed E-state index contributed by atoms with van der Waals surface area (Å²) in [7, 11) is 0. The molecule has 0 aromatic heterocycles. The number of rotatable bonds is 3. The first-order valence-corrected chi connectivity index (χ1v) is 6.56. The van der Waals surface area contributed by atoms with Crippen molar-refractivity contribution in [3.8, 4) is 0 Å². The van der Waals surface area contributed by atoms with Gasteiger partial charge in [0.1, 0.15) is 0 Å². The molecule has 1 heterocycles. The lowest BCUT2D eigenvalue weighted by atomic mass is 9.89. The maximum atomic E-state index is 6.32. The minimum absolute atomic E-state index is 0.177. The van der Waals surface area contributed by atoms with Crippen LogP contribution in [0, 0.1) is 19.8 Å². The van der Waals surface area contributed by atoms with Gasteiger partial charge in [-0.05, 0) is 44.6 Å². The predicted molar refractivity (Wildman–Crippen MR) is 71.0 cm³/mol. The van der Waals surface area contributed by atoms with E-state index in [4.69, 9.17) is 10.5 Å². The van der Waals surface area contributed by atoms with Gasteiger partial charge in [0.05, 0.1) is 0 Å². The van der Waals surface area contributed by atoms with Gasteiger partial charge in [0, 0.05) is 19.3 Å². The van der Waals surface area contributed by atoms with Crippen LogP contribution in [0.5, 0.6) is 0 Å². The molecule has 1 saturated heterocycles. The van der Waals surface area contributed by atoms with Gasteiger partial charge in [0.25, 0.3) is 0 Å². The SMILES string of the molecule is Cc1cc(C)cc(C(N)CC2CCOCC2)c1. The van der Waals surface area contributed by atoms with Crippen molar-refractivity contribution in [2.45, 2.75) is 39.2 Å². The van der Waals surface area contributed by atoms with E-state index in [1.807, 2.05) is 0 Å². The third-order valence-corrected chi connectivity index (χ3v) is 3.60. The summed E-state index contributed by atoms with van der Waals surface area (Å²) in [6.07, 6.45) is 3.42. The summed E-state index contributed by atoms with van der Waals surface area (Å²) in [5.74, 6) is 0.736. The van der Waals surface area contributed by atoms with Gasteiger partial charge in [-0.15, -0.1) is 0 Å². The Morgan fingerprint density at radius 2 is 1.76 bits per heavy atom. The minimum Gasteiger partial charge on any atom is -0.381 e. The maximum Gasteiger partial charge on any atom is 0.0468 e. The molecule has 17 heavy (non-hydrogen) atoms. The highest BCUT2D eigenvalue weighted by atomic mass is 16.5. The molecule has 1 aliphatic rings. The van der Waals surface area contributed by atoms with Crippen LogP contribution in [-0.2, 0) is 4.74 Å². The minimum atomic E-state index is 0.177. The number of nitrogens with two attached hydrogens (primary N) is 1. The molecule has 2 nitrogen and oxygen atoms in total. The number of aryl methyl sites for hydroxylation is 2. The largest absolute Gasteiger partial charge is 0.381 e. The van der Waals surface area contributed by atoms with Crippen molar-refractivity contribution in [2.24, 2.45) is 11.7 Å². The second-order valence-electron chi connectivity index (χ2n) is 5.32. The first-order chi connectivity index (χ1) is 8.15. The van der Waals surface area contributed by atoms with Gasteiger partial charge in [-0.1, -0.05) is 29.3 Å². The zero-order valence-electron chi connectivity index (χ0n) is 10.9. The number of benzene rings is 1. The molecule has 1 aromatic carbocycles. The molecule has 0 bridgehead atoms. The molecule has 2 heteroatoms. The molecule has 1 fully saturated rings. The summed E-state index contributed by atoms with van der Waals surface area (Å²) in [5, 5.41) is 0. The van der Waals surface area contributed by atoms with E-state index >= 15 is 0 Å².